The summed E-state index contributed by atoms with van der Waals surface area (Å²) in [4.78, 5) is 0. The van der Waals surface area contributed by atoms with Crippen molar-refractivity contribution < 1.29 is 5.11 Å². The molecule has 0 spiro atoms. The number of aliphatic hydroxyl groups excluding tert-OH is 1. The van der Waals surface area contributed by atoms with Crippen LogP contribution in [0, 0.1) is 17.9 Å². The molecule has 14 heavy (non-hydrogen) atoms. The molecular formula is C12H14NO. The number of benzene rings is 1. The first-order valence-electron chi connectivity index (χ1n) is 4.51. The first-order chi connectivity index (χ1) is 6.50. The van der Waals surface area contributed by atoms with Gasteiger partial charge in [0.1, 0.15) is 6.61 Å². The Balaban J connectivity index is 3.39. The van der Waals surface area contributed by atoms with E-state index in [2.05, 4.69) is 6.07 Å². The van der Waals surface area contributed by atoms with Crippen LogP contribution in [-0.2, 0) is 5.41 Å². The first-order valence-corrected chi connectivity index (χ1v) is 4.51. The van der Waals surface area contributed by atoms with E-state index in [0.717, 1.165) is 12.2 Å². The van der Waals surface area contributed by atoms with Gasteiger partial charge in [-0.05, 0) is 11.0 Å². The Morgan fingerprint density at radius 3 is 2.43 bits per heavy atom. The van der Waals surface area contributed by atoms with Gasteiger partial charge in [0.05, 0.1) is 11.6 Å². The van der Waals surface area contributed by atoms with Gasteiger partial charge in [-0.25, -0.2) is 0 Å². The zero-order valence-electron chi connectivity index (χ0n) is 8.70. The fraction of sp³-hybridized carbons (Fsp3) is 0.333. The molecule has 0 atom stereocenters. The van der Waals surface area contributed by atoms with Gasteiger partial charge in [0.15, 0.2) is 0 Å². The molecule has 0 amide bonds. The summed E-state index contributed by atoms with van der Waals surface area (Å²) >= 11 is 0. The zero-order chi connectivity index (χ0) is 10.8. The number of hydrogen-bond donors (Lipinski definition) is 1. The second kappa shape index (κ2) is 3.81. The van der Waals surface area contributed by atoms with E-state index in [9.17, 15) is 0 Å². The number of hydrogen-bond acceptors (Lipinski definition) is 2. The van der Waals surface area contributed by atoms with Crippen LogP contribution < -0.4 is 0 Å². The zero-order valence-corrected chi connectivity index (χ0v) is 8.70. The van der Waals surface area contributed by atoms with Crippen LogP contribution in [0.2, 0.25) is 0 Å². The monoisotopic (exact) mass is 188 g/mol. The molecule has 1 N–H and O–H groups in total. The van der Waals surface area contributed by atoms with Crippen LogP contribution in [0.5, 0.6) is 0 Å². The fourth-order valence-corrected chi connectivity index (χ4v) is 1.43. The van der Waals surface area contributed by atoms with Crippen LogP contribution in [0.3, 0.4) is 0 Å². The molecule has 0 saturated heterocycles. The average molecular weight is 188 g/mol. The molecule has 1 aromatic rings. The van der Waals surface area contributed by atoms with Crippen LogP contribution in [0.25, 0.3) is 0 Å². The Bertz CT molecular complexity index is 369. The highest BCUT2D eigenvalue weighted by atomic mass is 16.3. The van der Waals surface area contributed by atoms with E-state index in [1.54, 1.807) is 6.07 Å². The fourth-order valence-electron chi connectivity index (χ4n) is 1.43. The number of nitrogens with zero attached hydrogens (tertiary/aromatic N) is 1. The molecule has 0 aliphatic carbocycles. The summed E-state index contributed by atoms with van der Waals surface area (Å²) in [5.74, 6) is 0. The van der Waals surface area contributed by atoms with E-state index in [-0.39, 0.29) is 5.41 Å². The Hall–Kier alpha value is -1.33. The predicted octanol–water partition coefficient (Wildman–Crippen LogP) is 2.74. The molecule has 0 aromatic heterocycles. The normalized spacial score (nSPS) is 11.1. The van der Waals surface area contributed by atoms with Crippen LogP contribution >= 0.6 is 0 Å². The smallest absolute Gasteiger partial charge is 0.110 e. The average Bonchev–Trinajstić information content (AvgIpc) is 2.15. The second-order valence-corrected chi connectivity index (χ2v) is 4.26. The van der Waals surface area contributed by atoms with Gasteiger partial charge in [0, 0.05) is 5.56 Å². The summed E-state index contributed by atoms with van der Waals surface area (Å²) in [5, 5.41) is 18.0. The Morgan fingerprint density at radius 1 is 1.36 bits per heavy atom. The van der Waals surface area contributed by atoms with Gasteiger partial charge in [0.25, 0.3) is 0 Å². The molecule has 2 heteroatoms. The minimum Gasteiger partial charge on any atom is -0.385 e. The van der Waals surface area contributed by atoms with Crippen LogP contribution in [-0.4, -0.2) is 5.11 Å². The maximum atomic E-state index is 9.01. The van der Waals surface area contributed by atoms with Crippen molar-refractivity contribution in [2.75, 3.05) is 0 Å². The lowest BCUT2D eigenvalue weighted by atomic mass is 9.82. The third-order valence-electron chi connectivity index (χ3n) is 2.16. The molecule has 1 rings (SSSR count). The SMILES string of the molecule is CC(C)(C)c1cccc([CH]O)c1C#N. The minimum atomic E-state index is -0.0793. The van der Waals surface area contributed by atoms with Crippen molar-refractivity contribution >= 4 is 0 Å². The minimum absolute atomic E-state index is 0.0793. The number of nitriles is 1. The Labute approximate surface area is 84.8 Å². The van der Waals surface area contributed by atoms with Gasteiger partial charge in [0.2, 0.25) is 0 Å². The highest BCUT2D eigenvalue weighted by Gasteiger charge is 2.19. The van der Waals surface area contributed by atoms with E-state index in [1.165, 1.54) is 0 Å². The highest BCUT2D eigenvalue weighted by Crippen LogP contribution is 2.27. The molecular weight excluding hydrogens is 174 g/mol. The summed E-state index contributed by atoms with van der Waals surface area (Å²) in [5.41, 5.74) is 2.02. The number of rotatable bonds is 1. The molecule has 0 saturated carbocycles. The summed E-state index contributed by atoms with van der Waals surface area (Å²) in [6.45, 7) is 7.12. The van der Waals surface area contributed by atoms with E-state index in [1.807, 2.05) is 32.9 Å². The molecule has 0 aliphatic rings. The lowest BCUT2D eigenvalue weighted by Gasteiger charge is -2.21. The number of aliphatic hydroxyl groups is 1. The van der Waals surface area contributed by atoms with Gasteiger partial charge in [-0.2, -0.15) is 5.26 Å². The molecule has 0 unspecified atom stereocenters. The summed E-state index contributed by atoms with van der Waals surface area (Å²) in [7, 11) is 0. The van der Waals surface area contributed by atoms with E-state index < -0.39 is 0 Å². The molecule has 1 aromatic carbocycles. The van der Waals surface area contributed by atoms with Gasteiger partial charge in [-0.3, -0.25) is 0 Å². The lowest BCUT2D eigenvalue weighted by Crippen LogP contribution is -2.14. The Morgan fingerprint density at radius 2 is 2.00 bits per heavy atom. The topological polar surface area (TPSA) is 44.0 Å². The Kier molecular flexibility index (Phi) is 2.93. The van der Waals surface area contributed by atoms with Crippen LogP contribution in [0.15, 0.2) is 18.2 Å². The van der Waals surface area contributed by atoms with Crippen molar-refractivity contribution in [1.82, 2.24) is 0 Å². The molecule has 0 fully saturated rings. The van der Waals surface area contributed by atoms with Crippen molar-refractivity contribution in [3.63, 3.8) is 0 Å². The highest BCUT2D eigenvalue weighted by molar-refractivity contribution is 5.49. The van der Waals surface area contributed by atoms with E-state index >= 15 is 0 Å². The standard InChI is InChI=1S/C12H14NO/c1-12(2,3)11-6-4-5-9(8-14)10(11)7-13/h4-6,8,14H,1-3H3. The summed E-state index contributed by atoms with van der Waals surface area (Å²) < 4.78 is 0. The molecule has 2 nitrogen and oxygen atoms in total. The largest absolute Gasteiger partial charge is 0.385 e. The van der Waals surface area contributed by atoms with Crippen LogP contribution in [0.4, 0.5) is 0 Å². The third-order valence-corrected chi connectivity index (χ3v) is 2.16. The van der Waals surface area contributed by atoms with Crippen molar-refractivity contribution in [3.05, 3.63) is 41.5 Å². The molecule has 73 valence electrons. The van der Waals surface area contributed by atoms with Crippen molar-refractivity contribution in [2.45, 2.75) is 26.2 Å². The van der Waals surface area contributed by atoms with Gasteiger partial charge in [-0.1, -0.05) is 39.0 Å². The van der Waals surface area contributed by atoms with E-state index in [4.69, 9.17) is 10.4 Å². The van der Waals surface area contributed by atoms with Crippen molar-refractivity contribution in [2.24, 2.45) is 0 Å². The first kappa shape index (κ1) is 10.7. The van der Waals surface area contributed by atoms with Crippen LogP contribution in [0.1, 0.15) is 37.5 Å². The quantitative estimate of drug-likeness (QED) is 0.736. The molecule has 0 aliphatic heterocycles. The van der Waals surface area contributed by atoms with Gasteiger partial charge >= 0.3 is 0 Å². The summed E-state index contributed by atoms with van der Waals surface area (Å²) in [6.07, 6.45) is 0. The van der Waals surface area contributed by atoms with E-state index in [0.29, 0.717) is 11.1 Å². The second-order valence-electron chi connectivity index (χ2n) is 4.26. The molecule has 0 heterocycles. The third kappa shape index (κ3) is 1.94. The molecule has 1 radical (unpaired) electrons. The maximum absolute atomic E-state index is 9.01. The molecule has 0 bridgehead atoms. The summed E-state index contributed by atoms with van der Waals surface area (Å²) in [6, 6.07) is 7.63. The predicted molar refractivity (Wildman–Crippen MR) is 55.2 cm³/mol. The van der Waals surface area contributed by atoms with Gasteiger partial charge in [-0.15, -0.1) is 0 Å². The van der Waals surface area contributed by atoms with Gasteiger partial charge < -0.3 is 5.11 Å². The maximum Gasteiger partial charge on any atom is 0.110 e. The van der Waals surface area contributed by atoms with Crippen molar-refractivity contribution in [1.29, 1.82) is 5.26 Å². The van der Waals surface area contributed by atoms with Crippen molar-refractivity contribution in [3.8, 4) is 6.07 Å². The lowest BCUT2D eigenvalue weighted by molar-refractivity contribution is 0.414.